The second kappa shape index (κ2) is 4.82. The van der Waals surface area contributed by atoms with Gasteiger partial charge in [0.1, 0.15) is 0 Å². The van der Waals surface area contributed by atoms with Crippen molar-refractivity contribution in [1.29, 1.82) is 0 Å². The molecule has 0 aliphatic rings. The predicted molar refractivity (Wildman–Crippen MR) is 84.7 cm³/mol. The summed E-state index contributed by atoms with van der Waals surface area (Å²) in [6, 6.07) is 17.4. The molecule has 2 heterocycles. The number of hydrogen-bond acceptors (Lipinski definition) is 3. The second-order valence-corrected chi connectivity index (χ2v) is 5.15. The van der Waals surface area contributed by atoms with E-state index < -0.39 is 0 Å². The molecule has 0 spiro atoms. The highest BCUT2D eigenvalue weighted by Crippen LogP contribution is 2.28. The summed E-state index contributed by atoms with van der Waals surface area (Å²) in [4.78, 5) is 11.9. The van der Waals surface area contributed by atoms with E-state index in [0.717, 1.165) is 27.6 Å². The van der Waals surface area contributed by atoms with E-state index in [1.165, 1.54) is 0 Å². The second-order valence-electron chi connectivity index (χ2n) is 5.15. The number of benzene rings is 2. The van der Waals surface area contributed by atoms with Gasteiger partial charge in [0.2, 0.25) is 0 Å². The molecule has 0 aliphatic carbocycles. The van der Waals surface area contributed by atoms with E-state index >= 15 is 0 Å². The van der Waals surface area contributed by atoms with Crippen molar-refractivity contribution in [2.45, 2.75) is 6.61 Å². The van der Waals surface area contributed by atoms with Gasteiger partial charge in [0, 0.05) is 5.39 Å². The lowest BCUT2D eigenvalue weighted by Crippen LogP contribution is -2.09. The maximum absolute atomic E-state index is 11.9. The highest BCUT2D eigenvalue weighted by atomic mass is 16.3. The Hall–Kier alpha value is -2.92. The molecular formula is C17H13N3O2. The zero-order valence-corrected chi connectivity index (χ0v) is 11.7. The molecule has 22 heavy (non-hydrogen) atoms. The zero-order chi connectivity index (χ0) is 15.1. The van der Waals surface area contributed by atoms with Crippen molar-refractivity contribution in [3.05, 3.63) is 70.6 Å². The van der Waals surface area contributed by atoms with Crippen molar-refractivity contribution in [2.75, 3.05) is 0 Å². The van der Waals surface area contributed by atoms with Crippen molar-refractivity contribution < 1.29 is 5.11 Å². The molecule has 2 aromatic carbocycles. The summed E-state index contributed by atoms with van der Waals surface area (Å²) in [5.74, 6) is 0. The third-order valence-corrected chi connectivity index (χ3v) is 3.87. The van der Waals surface area contributed by atoms with Crippen molar-refractivity contribution in [3.8, 4) is 11.1 Å². The van der Waals surface area contributed by atoms with Crippen molar-refractivity contribution in [2.24, 2.45) is 0 Å². The quantitative estimate of drug-likeness (QED) is 0.595. The van der Waals surface area contributed by atoms with Gasteiger partial charge in [-0.05, 0) is 34.9 Å². The van der Waals surface area contributed by atoms with Gasteiger partial charge in [-0.15, -0.1) is 0 Å². The van der Waals surface area contributed by atoms with Gasteiger partial charge in [-0.25, -0.2) is 14.3 Å². The van der Waals surface area contributed by atoms with E-state index in [1.807, 2.05) is 54.6 Å². The minimum absolute atomic E-state index is 0.0286. The van der Waals surface area contributed by atoms with Crippen molar-refractivity contribution in [3.63, 3.8) is 0 Å². The van der Waals surface area contributed by atoms with Crippen LogP contribution in [0.25, 0.3) is 27.7 Å². The summed E-state index contributed by atoms with van der Waals surface area (Å²) in [6.07, 6.45) is 0. The fourth-order valence-electron chi connectivity index (χ4n) is 2.78. The lowest BCUT2D eigenvalue weighted by molar-refractivity contribution is 0.282. The summed E-state index contributed by atoms with van der Waals surface area (Å²) in [7, 11) is 0. The fraction of sp³-hybridized carbons (Fsp3) is 0.0588. The summed E-state index contributed by atoms with van der Waals surface area (Å²) < 4.78 is 1.57. The molecule has 0 bridgehead atoms. The number of aromatic nitrogens is 3. The van der Waals surface area contributed by atoms with E-state index in [2.05, 4.69) is 10.2 Å². The maximum Gasteiger partial charge on any atom is 0.348 e. The SMILES string of the molecule is O=c1[nH]nc2ccc3c(-c4ccc(CO)cc4)cccc3n12. The van der Waals surface area contributed by atoms with Crippen LogP contribution in [0.2, 0.25) is 0 Å². The molecule has 108 valence electrons. The summed E-state index contributed by atoms with van der Waals surface area (Å²) in [6.45, 7) is 0.0286. The van der Waals surface area contributed by atoms with Crippen LogP contribution in [0.15, 0.2) is 59.4 Å². The third-order valence-electron chi connectivity index (χ3n) is 3.87. The van der Waals surface area contributed by atoms with Crippen LogP contribution >= 0.6 is 0 Å². The first-order valence-electron chi connectivity index (χ1n) is 6.97. The lowest BCUT2D eigenvalue weighted by Gasteiger charge is -2.08. The van der Waals surface area contributed by atoms with Crippen molar-refractivity contribution >= 4 is 16.6 Å². The number of rotatable bonds is 2. The normalized spacial score (nSPS) is 11.3. The molecule has 2 aromatic heterocycles. The summed E-state index contributed by atoms with van der Waals surface area (Å²) in [5.41, 5.74) is 4.13. The Balaban J connectivity index is 2.03. The van der Waals surface area contributed by atoms with Crippen LogP contribution in [0.4, 0.5) is 0 Å². The predicted octanol–water partition coefficient (Wildman–Crippen LogP) is 2.34. The Morgan fingerprint density at radius 1 is 1.05 bits per heavy atom. The van der Waals surface area contributed by atoms with E-state index in [1.54, 1.807) is 4.40 Å². The topological polar surface area (TPSA) is 70.4 Å². The van der Waals surface area contributed by atoms with Crippen LogP contribution in [0, 0.1) is 0 Å². The molecule has 4 rings (SSSR count). The Labute approximate surface area is 125 Å². The summed E-state index contributed by atoms with van der Waals surface area (Å²) >= 11 is 0. The Morgan fingerprint density at radius 2 is 1.86 bits per heavy atom. The smallest absolute Gasteiger partial charge is 0.348 e. The fourth-order valence-corrected chi connectivity index (χ4v) is 2.78. The molecule has 0 aliphatic heterocycles. The number of H-pyrrole nitrogens is 1. The molecule has 5 nitrogen and oxygen atoms in total. The van der Waals surface area contributed by atoms with Crippen LogP contribution in [0.5, 0.6) is 0 Å². The van der Waals surface area contributed by atoms with Crippen LogP contribution in [0.3, 0.4) is 0 Å². The van der Waals surface area contributed by atoms with Gasteiger partial charge in [-0.1, -0.05) is 36.4 Å². The van der Waals surface area contributed by atoms with Gasteiger partial charge < -0.3 is 5.11 Å². The average molecular weight is 291 g/mol. The minimum Gasteiger partial charge on any atom is -0.392 e. The average Bonchev–Trinajstić information content (AvgIpc) is 2.96. The van der Waals surface area contributed by atoms with Gasteiger partial charge in [0.15, 0.2) is 5.65 Å². The molecule has 0 saturated heterocycles. The first-order valence-corrected chi connectivity index (χ1v) is 6.97. The molecule has 2 N–H and O–H groups in total. The van der Waals surface area contributed by atoms with Gasteiger partial charge in [-0.2, -0.15) is 5.10 Å². The molecule has 0 amide bonds. The zero-order valence-electron chi connectivity index (χ0n) is 11.7. The molecule has 0 saturated carbocycles. The molecule has 0 radical (unpaired) electrons. The number of nitrogens with zero attached hydrogens (tertiary/aromatic N) is 2. The number of nitrogens with one attached hydrogen (secondary N) is 1. The molecule has 0 unspecified atom stereocenters. The van der Waals surface area contributed by atoms with E-state index in [9.17, 15) is 4.79 Å². The summed E-state index contributed by atoms with van der Waals surface area (Å²) in [5, 5.41) is 16.6. The third kappa shape index (κ3) is 1.83. The van der Waals surface area contributed by atoms with Crippen LogP contribution in [-0.2, 0) is 6.61 Å². The maximum atomic E-state index is 11.9. The van der Waals surface area contributed by atoms with Crippen LogP contribution < -0.4 is 5.69 Å². The highest BCUT2D eigenvalue weighted by molar-refractivity contribution is 5.96. The van der Waals surface area contributed by atoms with Gasteiger partial charge in [0.25, 0.3) is 0 Å². The van der Waals surface area contributed by atoms with Gasteiger partial charge >= 0.3 is 5.69 Å². The van der Waals surface area contributed by atoms with E-state index in [4.69, 9.17) is 5.11 Å². The Kier molecular flexibility index (Phi) is 2.80. The Bertz CT molecular complexity index is 1030. The molecular weight excluding hydrogens is 278 g/mol. The van der Waals surface area contributed by atoms with Crippen LogP contribution in [-0.4, -0.2) is 19.7 Å². The number of hydrogen-bond donors (Lipinski definition) is 2. The van der Waals surface area contributed by atoms with Crippen molar-refractivity contribution in [1.82, 2.24) is 14.6 Å². The lowest BCUT2D eigenvalue weighted by atomic mass is 9.99. The van der Waals surface area contributed by atoms with E-state index in [0.29, 0.717) is 5.65 Å². The first-order chi connectivity index (χ1) is 10.8. The molecule has 4 aromatic rings. The monoisotopic (exact) mass is 291 g/mol. The van der Waals surface area contributed by atoms with Gasteiger partial charge in [-0.3, -0.25) is 0 Å². The highest BCUT2D eigenvalue weighted by Gasteiger charge is 2.09. The Morgan fingerprint density at radius 3 is 2.64 bits per heavy atom. The minimum atomic E-state index is -0.242. The number of fused-ring (bicyclic) bond motifs is 3. The number of aliphatic hydroxyl groups excluding tert-OH is 1. The molecule has 5 heteroatoms. The number of pyridine rings is 1. The standard InChI is InChI=1S/C17H13N3O2/c21-10-11-4-6-12(7-5-11)13-2-1-3-15-14(13)8-9-16-18-19-17(22)20(15)16/h1-9,21H,10H2,(H,19,22). The first kappa shape index (κ1) is 12.8. The number of aliphatic hydroxyl groups is 1. The van der Waals surface area contributed by atoms with E-state index in [-0.39, 0.29) is 12.3 Å². The van der Waals surface area contributed by atoms with Gasteiger partial charge in [0.05, 0.1) is 12.1 Å². The molecule has 0 atom stereocenters. The van der Waals surface area contributed by atoms with Crippen LogP contribution in [0.1, 0.15) is 5.56 Å². The molecule has 0 fully saturated rings. The largest absolute Gasteiger partial charge is 0.392 e. The number of aromatic amines is 1.